The van der Waals surface area contributed by atoms with Crippen LogP contribution in [0, 0.1) is 13.8 Å². The van der Waals surface area contributed by atoms with Crippen molar-refractivity contribution in [3.05, 3.63) is 75.9 Å². The number of nitrogens with zero attached hydrogens (tertiary/aromatic N) is 2. The average molecular weight is 491 g/mol. The summed E-state index contributed by atoms with van der Waals surface area (Å²) < 4.78 is 5.43. The van der Waals surface area contributed by atoms with E-state index in [1.165, 1.54) is 5.56 Å². The maximum absolute atomic E-state index is 13.4. The second-order valence-electron chi connectivity index (χ2n) is 11.0. The van der Waals surface area contributed by atoms with Crippen LogP contribution in [0.15, 0.2) is 48.0 Å². The molecule has 6 heteroatoms. The number of amides is 1. The average Bonchev–Trinajstić information content (AvgIpc) is 3.10. The van der Waals surface area contributed by atoms with Gasteiger partial charge in [0.2, 0.25) is 0 Å². The van der Waals surface area contributed by atoms with Crippen LogP contribution in [0.3, 0.4) is 0 Å². The molecular formula is C30H38N2O4. The Morgan fingerprint density at radius 3 is 2.31 bits per heavy atom. The molecule has 0 saturated carbocycles. The number of ether oxygens (including phenoxy) is 1. The van der Waals surface area contributed by atoms with Gasteiger partial charge in [0.15, 0.2) is 0 Å². The summed E-state index contributed by atoms with van der Waals surface area (Å²) in [7, 11) is 0. The molecule has 0 aliphatic carbocycles. The van der Waals surface area contributed by atoms with Crippen molar-refractivity contribution in [2.24, 2.45) is 0 Å². The van der Waals surface area contributed by atoms with Gasteiger partial charge in [-0.1, -0.05) is 62.7 Å². The standard InChI is InChI=1S/C30H38N2O4/c1-20-7-8-21(2)24(19-20)27(33)25-26(22-9-11-23(12-10-22)30(3,4)5)32(29(35)28(25)34)14-6-13-31-15-17-36-18-16-31/h7-12,19,26,33H,6,13-18H2,1-5H3/b27-25+. The van der Waals surface area contributed by atoms with Crippen LogP contribution < -0.4 is 0 Å². The lowest BCUT2D eigenvalue weighted by Gasteiger charge is -2.29. The molecule has 2 aromatic rings. The Morgan fingerprint density at radius 2 is 1.67 bits per heavy atom. The van der Waals surface area contributed by atoms with Gasteiger partial charge >= 0.3 is 0 Å². The molecule has 36 heavy (non-hydrogen) atoms. The first-order valence-corrected chi connectivity index (χ1v) is 12.8. The number of carbonyl (C=O) groups excluding carboxylic acids is 2. The molecule has 2 aliphatic heterocycles. The van der Waals surface area contributed by atoms with Crippen molar-refractivity contribution in [3.63, 3.8) is 0 Å². The molecule has 4 rings (SSSR count). The molecule has 1 N–H and O–H groups in total. The molecule has 2 fully saturated rings. The summed E-state index contributed by atoms with van der Waals surface area (Å²) in [5.74, 6) is -1.27. The molecule has 2 saturated heterocycles. The lowest BCUT2D eigenvalue weighted by atomic mass is 9.85. The van der Waals surface area contributed by atoms with Crippen LogP contribution in [0.5, 0.6) is 0 Å². The number of aryl methyl sites for hydroxylation is 2. The molecular weight excluding hydrogens is 452 g/mol. The van der Waals surface area contributed by atoms with Gasteiger partial charge in [0.1, 0.15) is 5.76 Å². The van der Waals surface area contributed by atoms with Gasteiger partial charge in [-0.15, -0.1) is 0 Å². The van der Waals surface area contributed by atoms with Crippen molar-refractivity contribution < 1.29 is 19.4 Å². The smallest absolute Gasteiger partial charge is 0.295 e. The Morgan fingerprint density at radius 1 is 1.00 bits per heavy atom. The Bertz CT molecular complexity index is 1150. The zero-order valence-corrected chi connectivity index (χ0v) is 22.1. The second-order valence-corrected chi connectivity index (χ2v) is 11.0. The van der Waals surface area contributed by atoms with Crippen molar-refractivity contribution >= 4 is 17.4 Å². The normalized spacial score (nSPS) is 20.8. The van der Waals surface area contributed by atoms with Crippen molar-refractivity contribution in [2.75, 3.05) is 39.4 Å². The molecule has 0 radical (unpaired) electrons. The molecule has 2 heterocycles. The number of aliphatic hydroxyl groups is 1. The summed E-state index contributed by atoms with van der Waals surface area (Å²) in [6, 6.07) is 13.2. The molecule has 0 aromatic heterocycles. The molecule has 1 atom stereocenters. The van der Waals surface area contributed by atoms with Crippen LogP contribution in [0.25, 0.3) is 5.76 Å². The van der Waals surface area contributed by atoms with E-state index in [1.807, 2.05) is 44.2 Å². The highest BCUT2D eigenvalue weighted by Crippen LogP contribution is 2.40. The number of aliphatic hydroxyl groups excluding tert-OH is 1. The minimum Gasteiger partial charge on any atom is -0.507 e. The second kappa shape index (κ2) is 10.6. The van der Waals surface area contributed by atoms with E-state index in [-0.39, 0.29) is 16.7 Å². The number of rotatable bonds is 6. The Balaban J connectivity index is 1.72. The van der Waals surface area contributed by atoms with E-state index in [1.54, 1.807) is 4.90 Å². The first kappa shape index (κ1) is 26.1. The third kappa shape index (κ3) is 5.40. The molecule has 2 aromatic carbocycles. The summed E-state index contributed by atoms with van der Waals surface area (Å²) in [4.78, 5) is 30.6. The van der Waals surface area contributed by atoms with Crippen molar-refractivity contribution in [3.8, 4) is 0 Å². The first-order valence-electron chi connectivity index (χ1n) is 12.8. The number of hydrogen-bond donors (Lipinski definition) is 1. The Labute approximate surface area is 214 Å². The highest BCUT2D eigenvalue weighted by Gasteiger charge is 2.46. The fraction of sp³-hybridized carbons (Fsp3) is 0.467. The maximum atomic E-state index is 13.4. The van der Waals surface area contributed by atoms with E-state index in [2.05, 4.69) is 37.8 Å². The predicted molar refractivity (Wildman–Crippen MR) is 142 cm³/mol. The van der Waals surface area contributed by atoms with Crippen LogP contribution in [0.1, 0.15) is 61.1 Å². The zero-order chi connectivity index (χ0) is 26.0. The third-order valence-electron chi connectivity index (χ3n) is 7.26. The largest absolute Gasteiger partial charge is 0.507 e. The van der Waals surface area contributed by atoms with E-state index in [9.17, 15) is 14.7 Å². The number of benzene rings is 2. The number of morpholine rings is 1. The van der Waals surface area contributed by atoms with Gasteiger partial charge < -0.3 is 14.7 Å². The van der Waals surface area contributed by atoms with E-state index in [0.717, 1.165) is 56.0 Å². The van der Waals surface area contributed by atoms with Gasteiger partial charge in [-0.05, 0) is 48.4 Å². The third-order valence-corrected chi connectivity index (χ3v) is 7.26. The first-order chi connectivity index (χ1) is 17.1. The molecule has 192 valence electrons. The number of ketones is 1. The fourth-order valence-electron chi connectivity index (χ4n) is 5.05. The molecule has 1 amide bonds. The topological polar surface area (TPSA) is 70.1 Å². The summed E-state index contributed by atoms with van der Waals surface area (Å²) in [6.45, 7) is 14.8. The lowest BCUT2D eigenvalue weighted by molar-refractivity contribution is -0.140. The quantitative estimate of drug-likeness (QED) is 0.360. The Kier molecular flexibility index (Phi) is 7.67. The molecule has 2 aliphatic rings. The summed E-state index contributed by atoms with van der Waals surface area (Å²) in [5.41, 5.74) is 4.59. The van der Waals surface area contributed by atoms with Crippen molar-refractivity contribution in [2.45, 2.75) is 52.5 Å². The molecule has 1 unspecified atom stereocenters. The summed E-state index contributed by atoms with van der Waals surface area (Å²) in [5, 5.41) is 11.4. The van der Waals surface area contributed by atoms with E-state index in [4.69, 9.17) is 4.74 Å². The van der Waals surface area contributed by atoms with Crippen molar-refractivity contribution in [1.82, 2.24) is 9.80 Å². The SMILES string of the molecule is Cc1ccc(C)c(/C(O)=C2\C(=O)C(=O)N(CCCN3CCOCC3)C2c2ccc(C(C)(C)C)cc2)c1. The van der Waals surface area contributed by atoms with E-state index < -0.39 is 17.7 Å². The van der Waals surface area contributed by atoms with Gasteiger partial charge in [0.25, 0.3) is 11.7 Å². The zero-order valence-electron chi connectivity index (χ0n) is 22.1. The summed E-state index contributed by atoms with van der Waals surface area (Å²) >= 11 is 0. The highest BCUT2D eigenvalue weighted by atomic mass is 16.5. The van der Waals surface area contributed by atoms with Gasteiger partial charge in [-0.25, -0.2) is 0 Å². The van der Waals surface area contributed by atoms with Crippen LogP contribution in [-0.4, -0.2) is 66.0 Å². The van der Waals surface area contributed by atoms with Crippen LogP contribution >= 0.6 is 0 Å². The minimum absolute atomic E-state index is 0.0167. The van der Waals surface area contributed by atoms with Crippen LogP contribution in [0.4, 0.5) is 0 Å². The van der Waals surface area contributed by atoms with Crippen LogP contribution in [0.2, 0.25) is 0 Å². The molecule has 0 spiro atoms. The highest BCUT2D eigenvalue weighted by molar-refractivity contribution is 6.46. The number of Topliss-reactive ketones (excluding diaryl/α,β-unsaturated/α-hetero) is 1. The monoisotopic (exact) mass is 490 g/mol. The number of likely N-dealkylation sites (tertiary alicyclic amines) is 1. The van der Waals surface area contributed by atoms with Gasteiger partial charge in [0.05, 0.1) is 24.8 Å². The summed E-state index contributed by atoms with van der Waals surface area (Å²) in [6.07, 6.45) is 0.743. The maximum Gasteiger partial charge on any atom is 0.295 e. The molecule has 0 bridgehead atoms. The fourth-order valence-corrected chi connectivity index (χ4v) is 5.05. The van der Waals surface area contributed by atoms with Gasteiger partial charge in [0, 0.05) is 31.7 Å². The lowest BCUT2D eigenvalue weighted by Crippen LogP contribution is -2.39. The van der Waals surface area contributed by atoms with E-state index in [0.29, 0.717) is 12.1 Å². The number of hydrogen-bond acceptors (Lipinski definition) is 5. The number of carbonyl (C=O) groups is 2. The van der Waals surface area contributed by atoms with E-state index >= 15 is 0 Å². The van der Waals surface area contributed by atoms with Crippen molar-refractivity contribution in [1.29, 1.82) is 0 Å². The van der Waals surface area contributed by atoms with Crippen LogP contribution in [-0.2, 0) is 19.7 Å². The predicted octanol–water partition coefficient (Wildman–Crippen LogP) is 4.74. The van der Waals surface area contributed by atoms with Gasteiger partial charge in [-0.3, -0.25) is 14.5 Å². The molecule has 6 nitrogen and oxygen atoms in total. The van der Waals surface area contributed by atoms with Gasteiger partial charge in [-0.2, -0.15) is 0 Å². The Hall–Kier alpha value is -2.96. The minimum atomic E-state index is -0.622.